The Morgan fingerprint density at radius 1 is 1.19 bits per heavy atom. The molecule has 13 heteroatoms. The first kappa shape index (κ1) is 23.9. The zero-order valence-corrected chi connectivity index (χ0v) is 19.4. The van der Waals surface area contributed by atoms with Crippen LogP contribution in [0.25, 0.3) is 22.6 Å². The van der Waals surface area contributed by atoms with Crippen molar-refractivity contribution in [2.75, 3.05) is 18.4 Å². The average Bonchev–Trinajstić information content (AvgIpc) is 3.61. The molecule has 1 fully saturated rings. The zero-order chi connectivity index (χ0) is 26.0. The van der Waals surface area contributed by atoms with Gasteiger partial charge in [-0.15, -0.1) is 5.10 Å². The molecule has 0 bridgehead atoms. The Balaban J connectivity index is 1.27. The minimum Gasteiger partial charge on any atom is -0.331 e. The summed E-state index contributed by atoms with van der Waals surface area (Å²) in [7, 11) is 0. The van der Waals surface area contributed by atoms with E-state index in [1.807, 2.05) is 0 Å². The number of halogens is 2. The molecule has 1 aliphatic rings. The van der Waals surface area contributed by atoms with Crippen LogP contribution < -0.4 is 5.32 Å². The number of nitrogens with zero attached hydrogens (tertiary/aromatic N) is 7. The van der Waals surface area contributed by atoms with Crippen molar-refractivity contribution in [2.24, 2.45) is 0 Å². The standard InChI is InChI=1S/C24H21F2N9O2/c1-2-22(36)34-12-16(10-24(25,26)14-34)35-13-20(32-33-35)15-6-7-21(27-11-15)30-23(37)19-5-3-4-17(29-19)18-8-9-28-31-18/h2-9,11,13,16H,1,10,12,14H2,(H,28,31)(H,27,30,37). The third-order valence-electron chi connectivity index (χ3n) is 5.82. The third-order valence-corrected chi connectivity index (χ3v) is 5.82. The fourth-order valence-electron chi connectivity index (χ4n) is 4.04. The Kier molecular flexibility index (Phi) is 6.26. The predicted octanol–water partition coefficient (Wildman–Crippen LogP) is 2.97. The maximum absolute atomic E-state index is 14.2. The predicted molar refractivity (Wildman–Crippen MR) is 128 cm³/mol. The first-order chi connectivity index (χ1) is 17.8. The number of aromatic amines is 1. The Hall–Kier alpha value is -4.81. The minimum absolute atomic E-state index is 0.0715. The highest BCUT2D eigenvalue weighted by atomic mass is 19.3. The van der Waals surface area contributed by atoms with Crippen LogP contribution in [0.3, 0.4) is 0 Å². The summed E-state index contributed by atoms with van der Waals surface area (Å²) in [6, 6.07) is 9.32. The fraction of sp³-hybridized carbons (Fsp3) is 0.208. The molecule has 1 aliphatic heterocycles. The van der Waals surface area contributed by atoms with Gasteiger partial charge in [0.1, 0.15) is 17.2 Å². The molecule has 4 aromatic rings. The van der Waals surface area contributed by atoms with Crippen LogP contribution >= 0.6 is 0 Å². The molecular weight excluding hydrogens is 484 g/mol. The number of pyridine rings is 2. The van der Waals surface area contributed by atoms with Crippen molar-refractivity contribution in [3.8, 4) is 22.6 Å². The molecule has 0 aliphatic carbocycles. The number of likely N-dealkylation sites (tertiary alicyclic amines) is 1. The Bertz CT molecular complexity index is 1430. The largest absolute Gasteiger partial charge is 0.331 e. The normalized spacial score (nSPS) is 16.8. The smallest absolute Gasteiger partial charge is 0.275 e. The highest BCUT2D eigenvalue weighted by molar-refractivity contribution is 6.02. The number of hydrogen-bond acceptors (Lipinski definition) is 7. The lowest BCUT2D eigenvalue weighted by Gasteiger charge is -2.36. The van der Waals surface area contributed by atoms with Crippen LogP contribution in [0.15, 0.2) is 67.6 Å². The molecule has 0 saturated carbocycles. The van der Waals surface area contributed by atoms with Crippen LogP contribution in [0.4, 0.5) is 14.6 Å². The summed E-state index contributed by atoms with van der Waals surface area (Å²) < 4.78 is 29.8. The average molecular weight is 505 g/mol. The molecule has 11 nitrogen and oxygen atoms in total. The molecule has 5 rings (SSSR count). The van der Waals surface area contributed by atoms with Gasteiger partial charge in [0, 0.05) is 30.9 Å². The van der Waals surface area contributed by atoms with Gasteiger partial charge in [0.15, 0.2) is 0 Å². The highest BCUT2D eigenvalue weighted by Crippen LogP contribution is 2.33. The highest BCUT2D eigenvalue weighted by Gasteiger charge is 2.42. The van der Waals surface area contributed by atoms with E-state index in [9.17, 15) is 18.4 Å². The number of carbonyl (C=O) groups excluding carboxylic acids is 2. The maximum atomic E-state index is 14.2. The molecule has 1 unspecified atom stereocenters. The second-order valence-corrected chi connectivity index (χ2v) is 8.49. The number of piperidine rings is 1. The van der Waals surface area contributed by atoms with Crippen molar-refractivity contribution in [1.29, 1.82) is 0 Å². The van der Waals surface area contributed by atoms with Crippen LogP contribution in [0.5, 0.6) is 0 Å². The summed E-state index contributed by atoms with van der Waals surface area (Å²) in [6.45, 7) is 2.79. The van der Waals surface area contributed by atoms with Gasteiger partial charge in [0.2, 0.25) is 5.91 Å². The van der Waals surface area contributed by atoms with E-state index in [0.29, 0.717) is 28.5 Å². The number of anilines is 1. The minimum atomic E-state index is -3.05. The number of amides is 2. The van der Waals surface area contributed by atoms with Crippen molar-refractivity contribution in [2.45, 2.75) is 18.4 Å². The van der Waals surface area contributed by atoms with E-state index in [-0.39, 0.29) is 12.2 Å². The van der Waals surface area contributed by atoms with Gasteiger partial charge in [0.25, 0.3) is 11.8 Å². The number of nitrogens with one attached hydrogen (secondary N) is 2. The Morgan fingerprint density at radius 3 is 2.78 bits per heavy atom. The van der Waals surface area contributed by atoms with Gasteiger partial charge in [-0.2, -0.15) is 5.10 Å². The zero-order valence-electron chi connectivity index (χ0n) is 19.4. The van der Waals surface area contributed by atoms with E-state index in [1.54, 1.807) is 42.6 Å². The number of H-pyrrole nitrogens is 1. The molecule has 0 radical (unpaired) electrons. The number of rotatable bonds is 6. The monoisotopic (exact) mass is 505 g/mol. The summed E-state index contributed by atoms with van der Waals surface area (Å²) in [4.78, 5) is 34.2. The summed E-state index contributed by atoms with van der Waals surface area (Å²) in [5, 5.41) is 17.4. The molecule has 0 spiro atoms. The Labute approximate surface area is 209 Å². The lowest BCUT2D eigenvalue weighted by Crippen LogP contribution is -2.49. The van der Waals surface area contributed by atoms with Gasteiger partial charge in [-0.05, 0) is 36.4 Å². The molecule has 2 amide bonds. The number of carbonyl (C=O) groups is 2. The summed E-state index contributed by atoms with van der Waals surface area (Å²) in [5.41, 5.74) is 2.44. The second kappa shape index (κ2) is 9.68. The lowest BCUT2D eigenvalue weighted by molar-refractivity contribution is -0.140. The quantitative estimate of drug-likeness (QED) is 0.385. The summed E-state index contributed by atoms with van der Waals surface area (Å²) in [6.07, 6.45) is 5.17. The van der Waals surface area contributed by atoms with E-state index in [0.717, 1.165) is 11.0 Å². The van der Waals surface area contributed by atoms with Crippen molar-refractivity contribution in [1.82, 2.24) is 40.1 Å². The van der Waals surface area contributed by atoms with Crippen molar-refractivity contribution < 1.29 is 18.4 Å². The molecule has 1 atom stereocenters. The van der Waals surface area contributed by atoms with Gasteiger partial charge in [-0.3, -0.25) is 14.7 Å². The van der Waals surface area contributed by atoms with Crippen molar-refractivity contribution >= 4 is 17.6 Å². The van der Waals surface area contributed by atoms with E-state index >= 15 is 0 Å². The van der Waals surface area contributed by atoms with Gasteiger partial charge in [-0.25, -0.2) is 23.4 Å². The summed E-state index contributed by atoms with van der Waals surface area (Å²) in [5.74, 6) is -3.76. The van der Waals surface area contributed by atoms with Crippen LogP contribution in [0, 0.1) is 0 Å². The number of alkyl halides is 2. The molecule has 5 heterocycles. The van der Waals surface area contributed by atoms with E-state index < -0.39 is 36.7 Å². The van der Waals surface area contributed by atoms with Gasteiger partial charge < -0.3 is 10.2 Å². The molecule has 188 valence electrons. The van der Waals surface area contributed by atoms with Gasteiger partial charge in [-0.1, -0.05) is 17.9 Å². The second-order valence-electron chi connectivity index (χ2n) is 8.49. The molecule has 0 aromatic carbocycles. The lowest BCUT2D eigenvalue weighted by atomic mass is 10.0. The van der Waals surface area contributed by atoms with Gasteiger partial charge >= 0.3 is 0 Å². The molecule has 2 N–H and O–H groups in total. The molecular formula is C24H21F2N9O2. The maximum Gasteiger partial charge on any atom is 0.275 e. The van der Waals surface area contributed by atoms with E-state index in [1.165, 1.54) is 17.1 Å². The third kappa shape index (κ3) is 5.24. The SMILES string of the molecule is C=CC(=O)N1CC(n2cc(-c3ccc(NC(=O)c4cccc(-c5ccn[nH]5)n4)nc3)nn2)CC(F)(F)C1. The summed E-state index contributed by atoms with van der Waals surface area (Å²) >= 11 is 0. The van der Waals surface area contributed by atoms with Crippen LogP contribution in [0.1, 0.15) is 23.0 Å². The van der Waals surface area contributed by atoms with Crippen molar-refractivity contribution in [3.05, 3.63) is 73.3 Å². The topological polar surface area (TPSA) is 135 Å². The number of hydrogen-bond donors (Lipinski definition) is 2. The van der Waals surface area contributed by atoms with Gasteiger partial charge in [0.05, 0.1) is 30.2 Å². The van der Waals surface area contributed by atoms with E-state index in [2.05, 4.69) is 42.4 Å². The molecule has 37 heavy (non-hydrogen) atoms. The van der Waals surface area contributed by atoms with Crippen LogP contribution in [0.2, 0.25) is 0 Å². The van der Waals surface area contributed by atoms with Crippen LogP contribution in [-0.4, -0.2) is 70.9 Å². The van der Waals surface area contributed by atoms with Crippen LogP contribution in [-0.2, 0) is 4.79 Å². The Morgan fingerprint density at radius 2 is 2.05 bits per heavy atom. The number of aromatic nitrogens is 7. The first-order valence-corrected chi connectivity index (χ1v) is 11.3. The first-order valence-electron chi connectivity index (χ1n) is 11.3. The molecule has 1 saturated heterocycles. The fourth-order valence-corrected chi connectivity index (χ4v) is 4.04. The van der Waals surface area contributed by atoms with Crippen molar-refractivity contribution in [3.63, 3.8) is 0 Å². The molecule has 4 aromatic heterocycles. The van der Waals surface area contributed by atoms with E-state index in [4.69, 9.17) is 0 Å².